The normalized spacial score (nSPS) is 10.7. The number of amides is 1. The zero-order chi connectivity index (χ0) is 16.4. The van der Waals surface area contributed by atoms with Crippen LogP contribution in [0.5, 0.6) is 0 Å². The van der Waals surface area contributed by atoms with E-state index in [9.17, 15) is 4.79 Å². The smallest absolute Gasteiger partial charge is 0.255 e. The number of carbonyl (C=O) groups excluding carboxylic acids is 1. The quantitative estimate of drug-likeness (QED) is 0.611. The van der Waals surface area contributed by atoms with Gasteiger partial charge in [-0.05, 0) is 29.8 Å². The van der Waals surface area contributed by atoms with Crippen molar-refractivity contribution in [3.8, 4) is 10.6 Å². The lowest BCUT2D eigenvalue weighted by molar-refractivity contribution is 0.0951. The minimum Gasteiger partial charge on any atom is -0.398 e. The summed E-state index contributed by atoms with van der Waals surface area (Å²) in [5, 5.41) is 10.1. The van der Waals surface area contributed by atoms with Crippen LogP contribution in [0.25, 0.3) is 10.6 Å². The Balaban J connectivity index is 1.74. The van der Waals surface area contributed by atoms with Crippen molar-refractivity contribution < 1.29 is 4.79 Å². The van der Waals surface area contributed by atoms with Crippen molar-refractivity contribution in [1.29, 1.82) is 0 Å². The number of hydrogen-bond acceptors (Lipinski definition) is 4. The summed E-state index contributed by atoms with van der Waals surface area (Å²) in [5.41, 5.74) is 8.21. The summed E-state index contributed by atoms with van der Waals surface area (Å²) in [6.45, 7) is 0.343. The molecule has 1 aromatic carbocycles. The van der Waals surface area contributed by atoms with Crippen LogP contribution in [0, 0.1) is 0 Å². The molecule has 0 atom stereocenters. The zero-order valence-electron chi connectivity index (χ0n) is 11.8. The highest BCUT2D eigenvalue weighted by molar-refractivity contribution is 7.19. The molecule has 0 unspecified atom stereocenters. The van der Waals surface area contributed by atoms with Gasteiger partial charge in [0.15, 0.2) is 0 Å². The summed E-state index contributed by atoms with van der Waals surface area (Å²) in [4.78, 5) is 13.2. The summed E-state index contributed by atoms with van der Waals surface area (Å²) in [6.07, 6.45) is 1.49. The first-order chi connectivity index (χ1) is 11.0. The SMILES string of the molecule is Nc1cc(CNC(=O)c2cn[nH]c2-c2ccc(Cl)s2)ccc1Cl. The molecule has 0 fully saturated rings. The lowest BCUT2D eigenvalue weighted by Crippen LogP contribution is -2.23. The van der Waals surface area contributed by atoms with Crippen molar-refractivity contribution >= 4 is 46.1 Å². The molecule has 0 bridgehead atoms. The van der Waals surface area contributed by atoms with Gasteiger partial charge >= 0.3 is 0 Å². The Kier molecular flexibility index (Phi) is 4.56. The molecule has 0 aliphatic rings. The van der Waals surface area contributed by atoms with Crippen LogP contribution in [-0.2, 0) is 6.54 Å². The zero-order valence-corrected chi connectivity index (χ0v) is 14.1. The predicted octanol–water partition coefficient (Wildman–Crippen LogP) is 3.96. The number of hydrogen-bond donors (Lipinski definition) is 3. The first kappa shape index (κ1) is 15.9. The van der Waals surface area contributed by atoms with Crippen molar-refractivity contribution in [2.45, 2.75) is 6.54 Å². The van der Waals surface area contributed by atoms with Gasteiger partial charge in [0, 0.05) is 6.54 Å². The van der Waals surface area contributed by atoms with Crippen LogP contribution in [-0.4, -0.2) is 16.1 Å². The molecule has 0 saturated carbocycles. The van der Waals surface area contributed by atoms with E-state index in [0.29, 0.717) is 32.8 Å². The molecule has 3 rings (SSSR count). The Morgan fingerprint density at radius 3 is 2.83 bits per heavy atom. The number of aromatic nitrogens is 2. The fraction of sp³-hybridized carbons (Fsp3) is 0.0667. The Labute approximate surface area is 146 Å². The van der Waals surface area contributed by atoms with E-state index >= 15 is 0 Å². The molecule has 2 heterocycles. The Morgan fingerprint density at radius 1 is 1.30 bits per heavy atom. The highest BCUT2D eigenvalue weighted by atomic mass is 35.5. The molecule has 0 radical (unpaired) electrons. The summed E-state index contributed by atoms with van der Waals surface area (Å²) < 4.78 is 0.651. The number of thiophene rings is 1. The van der Waals surface area contributed by atoms with E-state index in [1.807, 2.05) is 12.1 Å². The van der Waals surface area contributed by atoms with E-state index in [2.05, 4.69) is 15.5 Å². The van der Waals surface area contributed by atoms with Crippen LogP contribution >= 0.6 is 34.5 Å². The number of nitrogens with one attached hydrogen (secondary N) is 2. The molecule has 0 saturated heterocycles. The standard InChI is InChI=1S/C15H12Cl2N4OS/c16-10-2-1-8(5-11(10)18)6-19-15(22)9-7-20-21-14(9)12-3-4-13(17)23-12/h1-5,7H,6,18H2,(H,19,22)(H,20,21). The number of anilines is 1. The number of nitrogens with two attached hydrogens (primary N) is 1. The molecule has 2 aromatic heterocycles. The van der Waals surface area contributed by atoms with E-state index in [0.717, 1.165) is 10.4 Å². The predicted molar refractivity (Wildman–Crippen MR) is 93.9 cm³/mol. The van der Waals surface area contributed by atoms with E-state index in [4.69, 9.17) is 28.9 Å². The number of nitrogen functional groups attached to an aromatic ring is 1. The fourth-order valence-corrected chi connectivity index (χ4v) is 3.25. The van der Waals surface area contributed by atoms with Crippen LogP contribution in [0.15, 0.2) is 36.5 Å². The maximum atomic E-state index is 12.4. The molecular weight excluding hydrogens is 355 g/mol. The van der Waals surface area contributed by atoms with Crippen molar-refractivity contribution in [3.63, 3.8) is 0 Å². The van der Waals surface area contributed by atoms with Crippen molar-refractivity contribution in [1.82, 2.24) is 15.5 Å². The summed E-state index contributed by atoms with van der Waals surface area (Å²) in [7, 11) is 0. The second kappa shape index (κ2) is 6.62. The maximum Gasteiger partial charge on any atom is 0.255 e. The van der Waals surface area contributed by atoms with Crippen LogP contribution in [0.1, 0.15) is 15.9 Å². The van der Waals surface area contributed by atoms with Gasteiger partial charge in [0.05, 0.1) is 37.4 Å². The molecule has 8 heteroatoms. The van der Waals surface area contributed by atoms with Crippen LogP contribution < -0.4 is 11.1 Å². The number of halogens is 2. The minimum absolute atomic E-state index is 0.230. The molecule has 0 spiro atoms. The number of carbonyl (C=O) groups is 1. The molecule has 4 N–H and O–H groups in total. The molecule has 0 aliphatic carbocycles. The number of rotatable bonds is 4. The van der Waals surface area contributed by atoms with Gasteiger partial charge in [-0.25, -0.2) is 0 Å². The van der Waals surface area contributed by atoms with E-state index in [1.54, 1.807) is 18.2 Å². The highest BCUT2D eigenvalue weighted by Crippen LogP contribution is 2.31. The molecule has 0 aliphatic heterocycles. The summed E-state index contributed by atoms with van der Waals surface area (Å²) in [6, 6.07) is 8.87. The van der Waals surface area contributed by atoms with Gasteiger partial charge in [-0.1, -0.05) is 29.3 Å². The minimum atomic E-state index is -0.230. The fourth-order valence-electron chi connectivity index (χ4n) is 2.08. The number of nitrogens with zero attached hydrogens (tertiary/aromatic N) is 1. The third kappa shape index (κ3) is 3.50. The third-order valence-corrected chi connectivity index (χ3v) is 4.81. The number of aromatic amines is 1. The molecule has 5 nitrogen and oxygen atoms in total. The topological polar surface area (TPSA) is 83.8 Å². The highest BCUT2D eigenvalue weighted by Gasteiger charge is 2.16. The van der Waals surface area contributed by atoms with E-state index in [1.165, 1.54) is 17.5 Å². The van der Waals surface area contributed by atoms with Crippen molar-refractivity contribution in [2.75, 3.05) is 5.73 Å². The summed E-state index contributed by atoms with van der Waals surface area (Å²) in [5.74, 6) is -0.230. The van der Waals surface area contributed by atoms with Crippen LogP contribution in [0.3, 0.4) is 0 Å². The van der Waals surface area contributed by atoms with Gasteiger partial charge in [0.25, 0.3) is 5.91 Å². The maximum absolute atomic E-state index is 12.4. The van der Waals surface area contributed by atoms with Gasteiger partial charge in [0.2, 0.25) is 0 Å². The largest absolute Gasteiger partial charge is 0.398 e. The number of benzene rings is 1. The van der Waals surface area contributed by atoms with E-state index in [-0.39, 0.29) is 5.91 Å². The lowest BCUT2D eigenvalue weighted by Gasteiger charge is -2.07. The third-order valence-electron chi connectivity index (χ3n) is 3.22. The second-order valence-corrected chi connectivity index (χ2v) is 6.92. The van der Waals surface area contributed by atoms with Gasteiger partial charge in [-0.15, -0.1) is 11.3 Å². The molecule has 1 amide bonds. The van der Waals surface area contributed by atoms with Gasteiger partial charge < -0.3 is 11.1 Å². The van der Waals surface area contributed by atoms with Gasteiger partial charge in [0.1, 0.15) is 0 Å². The Bertz CT molecular complexity index is 859. The van der Waals surface area contributed by atoms with Crippen molar-refractivity contribution in [2.24, 2.45) is 0 Å². The van der Waals surface area contributed by atoms with Gasteiger partial charge in [-0.2, -0.15) is 5.10 Å². The molecule has 23 heavy (non-hydrogen) atoms. The number of H-pyrrole nitrogens is 1. The first-order valence-corrected chi connectivity index (χ1v) is 8.23. The Hall–Kier alpha value is -2.02. The lowest BCUT2D eigenvalue weighted by atomic mass is 10.1. The van der Waals surface area contributed by atoms with Crippen LogP contribution in [0.4, 0.5) is 5.69 Å². The molecular formula is C15H12Cl2N4OS. The Morgan fingerprint density at radius 2 is 2.13 bits per heavy atom. The van der Waals surface area contributed by atoms with Crippen molar-refractivity contribution in [3.05, 3.63) is 57.0 Å². The first-order valence-electron chi connectivity index (χ1n) is 6.66. The van der Waals surface area contributed by atoms with Gasteiger partial charge in [-0.3, -0.25) is 9.89 Å². The second-order valence-electron chi connectivity index (χ2n) is 4.80. The summed E-state index contributed by atoms with van der Waals surface area (Å²) >= 11 is 13.2. The molecule has 3 aromatic rings. The van der Waals surface area contributed by atoms with E-state index < -0.39 is 0 Å². The molecule has 118 valence electrons. The average molecular weight is 367 g/mol. The van der Waals surface area contributed by atoms with Crippen LogP contribution in [0.2, 0.25) is 9.36 Å². The average Bonchev–Trinajstić information content (AvgIpc) is 3.16. The monoisotopic (exact) mass is 366 g/mol.